The number of halogens is 1. The van der Waals surface area contributed by atoms with Crippen LogP contribution in [-0.2, 0) is 0 Å². The first-order valence-electron chi connectivity index (χ1n) is 5.32. The minimum atomic E-state index is -0.732. The SMILES string of the molecule is Nc1ccc(-c2nc(-c3ccc(O)c(F)c3)no2)s1. The van der Waals surface area contributed by atoms with Gasteiger partial charge < -0.3 is 15.4 Å². The van der Waals surface area contributed by atoms with Gasteiger partial charge in [0.1, 0.15) is 0 Å². The van der Waals surface area contributed by atoms with Crippen LogP contribution in [0, 0.1) is 5.82 Å². The van der Waals surface area contributed by atoms with Crippen molar-refractivity contribution in [3.05, 3.63) is 36.1 Å². The molecular formula is C12H8FN3O2S. The number of nitrogens with zero attached hydrogens (tertiary/aromatic N) is 2. The van der Waals surface area contributed by atoms with Crippen LogP contribution in [0.3, 0.4) is 0 Å². The Bertz CT molecular complexity index is 738. The number of hydrogen-bond acceptors (Lipinski definition) is 6. The molecule has 0 aliphatic carbocycles. The maximum atomic E-state index is 13.2. The van der Waals surface area contributed by atoms with Crippen LogP contribution >= 0.6 is 11.3 Å². The fraction of sp³-hybridized carbons (Fsp3) is 0. The van der Waals surface area contributed by atoms with Crippen molar-refractivity contribution < 1.29 is 14.0 Å². The highest BCUT2D eigenvalue weighted by atomic mass is 32.1. The van der Waals surface area contributed by atoms with E-state index in [-0.39, 0.29) is 5.82 Å². The van der Waals surface area contributed by atoms with Gasteiger partial charge in [0, 0.05) is 5.56 Å². The predicted octanol–water partition coefficient (Wildman–Crippen LogP) is 2.89. The highest BCUT2D eigenvalue weighted by Crippen LogP contribution is 2.30. The predicted molar refractivity (Wildman–Crippen MR) is 69.1 cm³/mol. The summed E-state index contributed by atoms with van der Waals surface area (Å²) in [6.45, 7) is 0. The Morgan fingerprint density at radius 3 is 2.79 bits per heavy atom. The molecule has 1 aromatic carbocycles. The van der Waals surface area contributed by atoms with Crippen LogP contribution in [0.5, 0.6) is 5.75 Å². The van der Waals surface area contributed by atoms with E-state index in [1.54, 1.807) is 12.1 Å². The largest absolute Gasteiger partial charge is 0.505 e. The molecule has 0 spiro atoms. The first-order chi connectivity index (χ1) is 9.13. The molecule has 2 aromatic heterocycles. The lowest BCUT2D eigenvalue weighted by Gasteiger charge is -1.96. The van der Waals surface area contributed by atoms with E-state index >= 15 is 0 Å². The van der Waals surface area contributed by atoms with Crippen molar-refractivity contribution in [2.24, 2.45) is 0 Å². The minimum Gasteiger partial charge on any atom is -0.505 e. The lowest BCUT2D eigenvalue weighted by molar-refractivity contribution is 0.430. The van der Waals surface area contributed by atoms with Crippen molar-refractivity contribution in [2.45, 2.75) is 0 Å². The Balaban J connectivity index is 1.98. The molecule has 0 bridgehead atoms. The van der Waals surface area contributed by atoms with Crippen LogP contribution < -0.4 is 5.73 Å². The standard InChI is InChI=1S/C12H8FN3O2S/c13-7-5-6(1-2-8(7)17)11-15-12(18-16-11)9-3-4-10(14)19-9/h1-5,17H,14H2. The molecule has 0 fully saturated rings. The zero-order valence-corrected chi connectivity index (χ0v) is 10.3. The van der Waals surface area contributed by atoms with Crippen LogP contribution in [-0.4, -0.2) is 15.2 Å². The molecular weight excluding hydrogens is 269 g/mol. The average Bonchev–Trinajstić information content (AvgIpc) is 3.01. The maximum Gasteiger partial charge on any atom is 0.268 e. The van der Waals surface area contributed by atoms with E-state index < -0.39 is 11.6 Å². The molecule has 19 heavy (non-hydrogen) atoms. The second-order valence-corrected chi connectivity index (χ2v) is 4.91. The van der Waals surface area contributed by atoms with Gasteiger partial charge in [-0.3, -0.25) is 0 Å². The maximum absolute atomic E-state index is 13.2. The molecule has 5 nitrogen and oxygen atoms in total. The third-order valence-corrected chi connectivity index (χ3v) is 3.37. The van der Waals surface area contributed by atoms with Crippen molar-refractivity contribution in [1.29, 1.82) is 0 Å². The van der Waals surface area contributed by atoms with E-state index in [9.17, 15) is 4.39 Å². The number of rotatable bonds is 2. The van der Waals surface area contributed by atoms with Crippen molar-refractivity contribution in [3.8, 4) is 27.9 Å². The second-order valence-electron chi connectivity index (χ2n) is 3.79. The number of benzene rings is 1. The van der Waals surface area contributed by atoms with E-state index in [1.807, 2.05) is 0 Å². The summed E-state index contributed by atoms with van der Waals surface area (Å²) < 4.78 is 18.3. The van der Waals surface area contributed by atoms with Gasteiger partial charge in [0.05, 0.1) is 9.88 Å². The van der Waals surface area contributed by atoms with Crippen LogP contribution in [0.4, 0.5) is 9.39 Å². The molecule has 0 amide bonds. The molecule has 7 heteroatoms. The molecule has 0 unspecified atom stereocenters. The summed E-state index contributed by atoms with van der Waals surface area (Å²) >= 11 is 1.32. The topological polar surface area (TPSA) is 85.2 Å². The van der Waals surface area contributed by atoms with Gasteiger partial charge >= 0.3 is 0 Å². The summed E-state index contributed by atoms with van der Waals surface area (Å²) in [6, 6.07) is 7.41. The van der Waals surface area contributed by atoms with E-state index in [2.05, 4.69) is 10.1 Å². The minimum absolute atomic E-state index is 0.251. The van der Waals surface area contributed by atoms with Crippen molar-refractivity contribution in [3.63, 3.8) is 0 Å². The normalized spacial score (nSPS) is 10.8. The first kappa shape index (κ1) is 11.7. The van der Waals surface area contributed by atoms with Gasteiger partial charge in [-0.25, -0.2) is 4.39 Å². The van der Waals surface area contributed by atoms with Gasteiger partial charge in [0.25, 0.3) is 5.89 Å². The highest BCUT2D eigenvalue weighted by molar-refractivity contribution is 7.19. The fourth-order valence-corrected chi connectivity index (χ4v) is 2.25. The Morgan fingerprint density at radius 1 is 1.26 bits per heavy atom. The van der Waals surface area contributed by atoms with Crippen molar-refractivity contribution >= 4 is 16.3 Å². The second kappa shape index (κ2) is 4.36. The number of nitrogens with two attached hydrogens (primary N) is 1. The Morgan fingerprint density at radius 2 is 2.11 bits per heavy atom. The molecule has 3 N–H and O–H groups in total. The molecule has 0 atom stereocenters. The number of thiophene rings is 1. The van der Waals surface area contributed by atoms with E-state index in [0.29, 0.717) is 16.5 Å². The number of aromatic hydroxyl groups is 1. The Labute approximate surface area is 111 Å². The molecule has 96 valence electrons. The molecule has 0 aliphatic heterocycles. The number of phenols is 1. The molecule has 3 rings (SSSR count). The number of hydrogen-bond donors (Lipinski definition) is 2. The number of nitrogen functional groups attached to an aromatic ring is 1. The third kappa shape index (κ3) is 2.15. The van der Waals surface area contributed by atoms with Gasteiger partial charge in [0.15, 0.2) is 11.6 Å². The van der Waals surface area contributed by atoms with Crippen molar-refractivity contribution in [2.75, 3.05) is 5.73 Å². The summed E-state index contributed by atoms with van der Waals surface area (Å²) in [5.74, 6) is -0.575. The van der Waals surface area contributed by atoms with Crippen molar-refractivity contribution in [1.82, 2.24) is 10.1 Å². The lowest BCUT2D eigenvalue weighted by Crippen LogP contribution is -1.83. The fourth-order valence-electron chi connectivity index (χ4n) is 1.55. The molecule has 0 aliphatic rings. The van der Waals surface area contributed by atoms with Crippen LogP contribution in [0.1, 0.15) is 0 Å². The van der Waals surface area contributed by atoms with E-state index in [0.717, 1.165) is 10.9 Å². The monoisotopic (exact) mass is 277 g/mol. The quantitative estimate of drug-likeness (QED) is 0.752. The Hall–Kier alpha value is -2.41. The number of phenolic OH excluding ortho intramolecular Hbond substituents is 1. The zero-order chi connectivity index (χ0) is 13.4. The van der Waals surface area contributed by atoms with E-state index in [1.165, 1.54) is 23.5 Å². The Kier molecular flexibility index (Phi) is 2.68. The molecule has 3 aromatic rings. The summed E-state index contributed by atoms with van der Waals surface area (Å²) in [5, 5.41) is 13.5. The van der Waals surface area contributed by atoms with Gasteiger partial charge in [-0.15, -0.1) is 11.3 Å². The van der Waals surface area contributed by atoms with Gasteiger partial charge in [-0.1, -0.05) is 5.16 Å². The zero-order valence-electron chi connectivity index (χ0n) is 9.50. The molecule has 0 radical (unpaired) electrons. The van der Waals surface area contributed by atoms with Gasteiger partial charge in [-0.2, -0.15) is 4.98 Å². The average molecular weight is 277 g/mol. The molecule has 0 saturated carbocycles. The summed E-state index contributed by atoms with van der Waals surface area (Å²) in [4.78, 5) is 4.91. The first-order valence-corrected chi connectivity index (χ1v) is 6.13. The number of aromatic nitrogens is 2. The highest BCUT2D eigenvalue weighted by Gasteiger charge is 2.13. The molecule has 0 saturated heterocycles. The van der Waals surface area contributed by atoms with Crippen LogP contribution in [0.2, 0.25) is 0 Å². The number of anilines is 1. The van der Waals surface area contributed by atoms with Gasteiger partial charge in [0.2, 0.25) is 5.82 Å². The summed E-state index contributed by atoms with van der Waals surface area (Å²) in [7, 11) is 0. The third-order valence-electron chi connectivity index (χ3n) is 2.47. The lowest BCUT2D eigenvalue weighted by atomic mass is 10.2. The van der Waals surface area contributed by atoms with Crippen LogP contribution in [0.25, 0.3) is 22.2 Å². The van der Waals surface area contributed by atoms with E-state index in [4.69, 9.17) is 15.4 Å². The van der Waals surface area contributed by atoms with Crippen LogP contribution in [0.15, 0.2) is 34.9 Å². The van der Waals surface area contributed by atoms with Gasteiger partial charge in [-0.05, 0) is 30.3 Å². The summed E-state index contributed by atoms with van der Waals surface area (Å²) in [5.41, 5.74) is 6.05. The summed E-state index contributed by atoms with van der Waals surface area (Å²) in [6.07, 6.45) is 0. The molecule has 2 heterocycles. The smallest absolute Gasteiger partial charge is 0.268 e.